The molecular formula is C20H17NO5. The van der Waals surface area contributed by atoms with Crippen molar-refractivity contribution in [3.05, 3.63) is 58.6 Å². The fraction of sp³-hybridized carbons (Fsp3) is 0.200. The lowest BCUT2D eigenvalue weighted by molar-refractivity contribution is 0.0659. The smallest absolute Gasteiger partial charge is 0.372 e. The Morgan fingerprint density at radius 2 is 1.96 bits per heavy atom. The molecule has 0 fully saturated rings. The summed E-state index contributed by atoms with van der Waals surface area (Å²) in [6.45, 7) is 4.32. The van der Waals surface area contributed by atoms with Crippen LogP contribution in [0.2, 0.25) is 0 Å². The largest absolute Gasteiger partial charge is 0.490 e. The molecule has 0 aliphatic carbocycles. The van der Waals surface area contributed by atoms with E-state index in [1.807, 2.05) is 18.2 Å². The van der Waals surface area contributed by atoms with Crippen LogP contribution in [0.3, 0.4) is 0 Å². The molecule has 0 bridgehead atoms. The molecule has 0 radical (unpaired) electrons. The topological polar surface area (TPSA) is 80.0 Å². The molecule has 0 spiro atoms. The lowest BCUT2D eigenvalue weighted by atomic mass is 9.97. The summed E-state index contributed by atoms with van der Waals surface area (Å²) in [6, 6.07) is 12.4. The van der Waals surface area contributed by atoms with E-state index >= 15 is 0 Å². The quantitative estimate of drug-likeness (QED) is 0.779. The Labute approximate surface area is 149 Å². The number of aromatic carboxylic acids is 1. The van der Waals surface area contributed by atoms with Gasteiger partial charge in [0.15, 0.2) is 0 Å². The van der Waals surface area contributed by atoms with Gasteiger partial charge in [0.1, 0.15) is 12.4 Å². The molecule has 6 heteroatoms. The summed E-state index contributed by atoms with van der Waals surface area (Å²) in [5, 5.41) is 10.5. The van der Waals surface area contributed by atoms with Crippen molar-refractivity contribution in [3.8, 4) is 16.9 Å². The number of fused-ring (bicyclic) bond motifs is 2. The highest BCUT2D eigenvalue weighted by atomic mass is 16.5. The number of nitrogens with zero attached hydrogens (tertiary/aromatic N) is 1. The maximum atomic E-state index is 12.1. The minimum absolute atomic E-state index is 0.348. The predicted octanol–water partition coefficient (Wildman–Crippen LogP) is 3.38. The summed E-state index contributed by atoms with van der Waals surface area (Å²) >= 11 is 0. The zero-order chi connectivity index (χ0) is 18.3. The number of rotatable bonds is 3. The molecule has 0 unspecified atom stereocenters. The second-order valence-electron chi connectivity index (χ2n) is 6.06. The van der Waals surface area contributed by atoms with E-state index in [-0.39, 0.29) is 5.76 Å². The van der Waals surface area contributed by atoms with Gasteiger partial charge in [-0.05, 0) is 30.7 Å². The average molecular weight is 351 g/mol. The van der Waals surface area contributed by atoms with Crippen LogP contribution in [0, 0.1) is 0 Å². The van der Waals surface area contributed by atoms with Crippen LogP contribution in [0.25, 0.3) is 21.9 Å². The van der Waals surface area contributed by atoms with E-state index in [9.17, 15) is 14.7 Å². The van der Waals surface area contributed by atoms with Crippen molar-refractivity contribution in [2.24, 2.45) is 0 Å². The third kappa shape index (κ3) is 2.50. The Hall–Kier alpha value is -3.28. The predicted molar refractivity (Wildman–Crippen MR) is 98.3 cm³/mol. The van der Waals surface area contributed by atoms with Crippen molar-refractivity contribution in [2.45, 2.75) is 6.92 Å². The lowest BCUT2D eigenvalue weighted by Gasteiger charge is -2.30. The maximum Gasteiger partial charge on any atom is 0.372 e. The number of carbonyl (C=O) groups is 1. The fourth-order valence-corrected chi connectivity index (χ4v) is 3.40. The molecule has 26 heavy (non-hydrogen) atoms. The average Bonchev–Trinajstić information content (AvgIpc) is 2.67. The number of hydrogen-bond acceptors (Lipinski definition) is 5. The van der Waals surface area contributed by atoms with Gasteiger partial charge in [0.25, 0.3) is 0 Å². The number of benzene rings is 2. The fourth-order valence-electron chi connectivity index (χ4n) is 3.40. The standard InChI is InChI=1S/C20H17NO5/c1-2-21-9-10-25-16-11-12(7-8-15(16)21)17-13-5-3-4-6-14(13)20(24)26-18(17)19(22)23/h3-8,11H,2,9-10H2,1H3,(H,22,23). The number of carboxylic acid groups (broad SMARTS) is 1. The summed E-state index contributed by atoms with van der Waals surface area (Å²) in [5.41, 5.74) is 1.33. The van der Waals surface area contributed by atoms with E-state index in [1.165, 1.54) is 0 Å². The van der Waals surface area contributed by atoms with Gasteiger partial charge in [-0.3, -0.25) is 0 Å². The van der Waals surface area contributed by atoms with Crippen LogP contribution in [-0.4, -0.2) is 30.8 Å². The molecule has 1 aliphatic rings. The highest BCUT2D eigenvalue weighted by molar-refractivity contribution is 6.05. The van der Waals surface area contributed by atoms with E-state index in [0.29, 0.717) is 34.3 Å². The van der Waals surface area contributed by atoms with Crippen molar-refractivity contribution in [1.82, 2.24) is 0 Å². The molecule has 2 aromatic carbocycles. The summed E-state index contributed by atoms with van der Waals surface area (Å²) in [6.07, 6.45) is 0. The van der Waals surface area contributed by atoms with Crippen molar-refractivity contribution >= 4 is 22.4 Å². The Morgan fingerprint density at radius 3 is 2.69 bits per heavy atom. The Kier molecular flexibility index (Phi) is 3.88. The molecule has 1 N–H and O–H groups in total. The zero-order valence-electron chi connectivity index (χ0n) is 14.2. The zero-order valence-corrected chi connectivity index (χ0v) is 14.2. The first-order valence-electron chi connectivity index (χ1n) is 8.41. The second-order valence-corrected chi connectivity index (χ2v) is 6.06. The lowest BCUT2D eigenvalue weighted by Crippen LogP contribution is -2.32. The minimum Gasteiger partial charge on any atom is -0.490 e. The van der Waals surface area contributed by atoms with Crippen molar-refractivity contribution in [2.75, 3.05) is 24.6 Å². The second kappa shape index (κ2) is 6.22. The number of ether oxygens (including phenoxy) is 1. The van der Waals surface area contributed by atoms with Gasteiger partial charge in [-0.25, -0.2) is 9.59 Å². The Balaban J connectivity index is 2.00. The van der Waals surface area contributed by atoms with E-state index in [1.54, 1.807) is 24.3 Å². The van der Waals surface area contributed by atoms with Crippen molar-refractivity contribution < 1.29 is 19.1 Å². The highest BCUT2D eigenvalue weighted by Crippen LogP contribution is 2.38. The number of anilines is 1. The summed E-state index contributed by atoms with van der Waals surface area (Å²) in [5.74, 6) is -0.948. The highest BCUT2D eigenvalue weighted by Gasteiger charge is 2.23. The van der Waals surface area contributed by atoms with Gasteiger partial charge in [0.05, 0.1) is 17.6 Å². The monoisotopic (exact) mass is 351 g/mol. The molecule has 1 aromatic heterocycles. The Morgan fingerprint density at radius 1 is 1.19 bits per heavy atom. The van der Waals surface area contributed by atoms with Crippen LogP contribution in [0.5, 0.6) is 5.75 Å². The van der Waals surface area contributed by atoms with Crippen molar-refractivity contribution in [3.63, 3.8) is 0 Å². The van der Waals surface area contributed by atoms with Gasteiger partial charge in [-0.15, -0.1) is 0 Å². The normalized spacial score (nSPS) is 13.3. The molecule has 3 aromatic rings. The van der Waals surface area contributed by atoms with Gasteiger partial charge in [0.2, 0.25) is 5.76 Å². The van der Waals surface area contributed by atoms with Crippen LogP contribution < -0.4 is 15.3 Å². The van der Waals surface area contributed by atoms with Gasteiger partial charge < -0.3 is 19.2 Å². The number of likely N-dealkylation sites (N-methyl/N-ethyl adjacent to an activating group) is 1. The third-order valence-corrected chi connectivity index (χ3v) is 4.62. The minimum atomic E-state index is -1.28. The van der Waals surface area contributed by atoms with E-state index in [4.69, 9.17) is 9.15 Å². The SMILES string of the molecule is CCN1CCOc2cc(-c3c(C(=O)O)oc(=O)c4ccccc34)ccc21. The first kappa shape index (κ1) is 16.2. The van der Waals surface area contributed by atoms with Gasteiger partial charge >= 0.3 is 11.6 Å². The molecule has 0 amide bonds. The molecule has 0 atom stereocenters. The molecule has 1 aliphatic heterocycles. The van der Waals surface area contributed by atoms with Crippen molar-refractivity contribution in [1.29, 1.82) is 0 Å². The van der Waals surface area contributed by atoms with Gasteiger partial charge in [-0.2, -0.15) is 0 Å². The molecule has 6 nitrogen and oxygen atoms in total. The molecule has 132 valence electrons. The summed E-state index contributed by atoms with van der Waals surface area (Å²) < 4.78 is 10.9. The van der Waals surface area contributed by atoms with Gasteiger partial charge in [0, 0.05) is 17.5 Å². The molecule has 4 rings (SSSR count). The summed E-state index contributed by atoms with van der Waals surface area (Å²) in [7, 11) is 0. The summed E-state index contributed by atoms with van der Waals surface area (Å²) in [4.78, 5) is 26.0. The molecular weight excluding hydrogens is 334 g/mol. The van der Waals surface area contributed by atoms with E-state index < -0.39 is 11.6 Å². The maximum absolute atomic E-state index is 12.1. The van der Waals surface area contributed by atoms with Crippen LogP contribution in [0.1, 0.15) is 17.5 Å². The number of hydrogen-bond donors (Lipinski definition) is 1. The number of carboxylic acids is 1. The van der Waals surface area contributed by atoms with Crippen LogP contribution in [0.15, 0.2) is 51.7 Å². The molecule has 0 saturated heterocycles. The van der Waals surface area contributed by atoms with E-state index in [2.05, 4.69) is 11.8 Å². The first-order valence-corrected chi connectivity index (χ1v) is 8.41. The van der Waals surface area contributed by atoms with E-state index in [0.717, 1.165) is 18.8 Å². The van der Waals surface area contributed by atoms with Crippen LogP contribution in [-0.2, 0) is 0 Å². The Bertz CT molecular complexity index is 1070. The van der Waals surface area contributed by atoms with Gasteiger partial charge in [-0.1, -0.05) is 24.3 Å². The van der Waals surface area contributed by atoms with Crippen LogP contribution >= 0.6 is 0 Å². The first-order chi connectivity index (χ1) is 12.6. The molecule has 2 heterocycles. The molecule has 0 saturated carbocycles. The third-order valence-electron chi connectivity index (χ3n) is 4.62. The van der Waals surface area contributed by atoms with Crippen LogP contribution in [0.4, 0.5) is 5.69 Å².